The van der Waals surface area contributed by atoms with Crippen LogP contribution in [0.1, 0.15) is 38.2 Å². The van der Waals surface area contributed by atoms with Gasteiger partial charge in [0.15, 0.2) is 0 Å². The van der Waals surface area contributed by atoms with Crippen LogP contribution in [0.5, 0.6) is 0 Å². The van der Waals surface area contributed by atoms with E-state index in [0.717, 1.165) is 18.5 Å². The third-order valence-electron chi connectivity index (χ3n) is 5.31. The van der Waals surface area contributed by atoms with Crippen LogP contribution in [-0.4, -0.2) is 38.9 Å². The van der Waals surface area contributed by atoms with Gasteiger partial charge in [0.25, 0.3) is 0 Å². The van der Waals surface area contributed by atoms with E-state index in [1.807, 2.05) is 12.1 Å². The van der Waals surface area contributed by atoms with Crippen molar-refractivity contribution in [3.8, 4) is 0 Å². The van der Waals surface area contributed by atoms with E-state index < -0.39 is 10.0 Å². The van der Waals surface area contributed by atoms with Gasteiger partial charge in [-0.05, 0) is 54.8 Å². The maximum atomic E-state index is 13.1. The van der Waals surface area contributed by atoms with E-state index >= 15 is 0 Å². The molecule has 1 heterocycles. The highest BCUT2D eigenvalue weighted by molar-refractivity contribution is 7.89. The highest BCUT2D eigenvalue weighted by Gasteiger charge is 2.28. The Morgan fingerprint density at radius 2 is 1.50 bits per heavy atom. The summed E-state index contributed by atoms with van der Waals surface area (Å²) in [6.07, 6.45) is 5.82. The van der Waals surface area contributed by atoms with Crippen molar-refractivity contribution < 1.29 is 12.8 Å². The molecule has 0 spiro atoms. The first-order valence-electron chi connectivity index (χ1n) is 10.1. The van der Waals surface area contributed by atoms with Crippen LogP contribution in [0.25, 0.3) is 0 Å². The zero-order valence-electron chi connectivity index (χ0n) is 16.5. The van der Waals surface area contributed by atoms with E-state index in [1.54, 1.807) is 28.6 Å². The van der Waals surface area contributed by atoms with Crippen molar-refractivity contribution in [2.75, 3.05) is 31.1 Å². The van der Waals surface area contributed by atoms with E-state index in [2.05, 4.69) is 11.8 Å². The first-order valence-corrected chi connectivity index (χ1v) is 11.5. The smallest absolute Gasteiger partial charge is 0.243 e. The fourth-order valence-electron chi connectivity index (χ4n) is 3.57. The molecular formula is C22H29FN2O2S. The molecule has 0 amide bonds. The number of sulfonamides is 1. The number of rotatable bonds is 8. The Morgan fingerprint density at radius 3 is 2.11 bits per heavy atom. The van der Waals surface area contributed by atoms with E-state index in [0.29, 0.717) is 31.1 Å². The molecule has 2 aromatic carbocycles. The van der Waals surface area contributed by atoms with Crippen molar-refractivity contribution in [1.82, 2.24) is 4.31 Å². The Balaban J connectivity index is 1.58. The zero-order chi connectivity index (χ0) is 20.0. The van der Waals surface area contributed by atoms with Crippen LogP contribution in [0, 0.1) is 5.82 Å². The van der Waals surface area contributed by atoms with E-state index in [1.165, 1.54) is 37.0 Å². The number of aryl methyl sites for hydroxylation is 1. The lowest BCUT2D eigenvalue weighted by Crippen LogP contribution is -2.48. The van der Waals surface area contributed by atoms with Crippen molar-refractivity contribution in [3.05, 3.63) is 59.9 Å². The molecule has 1 fully saturated rings. The maximum absolute atomic E-state index is 13.1. The Labute approximate surface area is 168 Å². The summed E-state index contributed by atoms with van der Waals surface area (Å²) in [7, 11) is -3.47. The second-order valence-corrected chi connectivity index (χ2v) is 9.26. The second-order valence-electron chi connectivity index (χ2n) is 7.32. The van der Waals surface area contributed by atoms with Gasteiger partial charge < -0.3 is 4.90 Å². The van der Waals surface area contributed by atoms with Gasteiger partial charge in [0.1, 0.15) is 5.82 Å². The van der Waals surface area contributed by atoms with Gasteiger partial charge in [-0.15, -0.1) is 0 Å². The molecule has 1 aliphatic rings. The van der Waals surface area contributed by atoms with Gasteiger partial charge in [-0.25, -0.2) is 12.8 Å². The van der Waals surface area contributed by atoms with Crippen LogP contribution in [0.15, 0.2) is 53.4 Å². The minimum atomic E-state index is -3.47. The van der Waals surface area contributed by atoms with Crippen LogP contribution in [0.4, 0.5) is 10.1 Å². The van der Waals surface area contributed by atoms with Crippen molar-refractivity contribution >= 4 is 15.7 Å². The van der Waals surface area contributed by atoms with E-state index in [4.69, 9.17) is 0 Å². The Hall–Kier alpha value is -1.92. The molecular weight excluding hydrogens is 375 g/mol. The summed E-state index contributed by atoms with van der Waals surface area (Å²) >= 11 is 0. The molecule has 0 aromatic heterocycles. The van der Waals surface area contributed by atoms with Crippen LogP contribution in [0.2, 0.25) is 0 Å². The molecule has 3 rings (SSSR count). The highest BCUT2D eigenvalue weighted by Crippen LogP contribution is 2.22. The molecule has 0 radical (unpaired) electrons. The lowest BCUT2D eigenvalue weighted by molar-refractivity contribution is 0.385. The quantitative estimate of drug-likeness (QED) is 0.610. The van der Waals surface area contributed by atoms with Crippen molar-refractivity contribution in [1.29, 1.82) is 0 Å². The monoisotopic (exact) mass is 404 g/mol. The predicted octanol–water partition coefficient (Wildman–Crippen LogP) is 4.46. The Kier molecular flexibility index (Phi) is 7.08. The van der Waals surface area contributed by atoms with Gasteiger partial charge in [0, 0.05) is 31.9 Å². The molecule has 1 aliphatic heterocycles. The summed E-state index contributed by atoms with van der Waals surface area (Å²) in [6, 6.07) is 13.7. The number of halogens is 1. The van der Waals surface area contributed by atoms with Gasteiger partial charge in [-0.1, -0.05) is 38.3 Å². The molecule has 28 heavy (non-hydrogen) atoms. The number of anilines is 1. The van der Waals surface area contributed by atoms with Crippen LogP contribution in [-0.2, 0) is 16.4 Å². The number of hydrogen-bond acceptors (Lipinski definition) is 3. The summed E-state index contributed by atoms with van der Waals surface area (Å²) in [6.45, 7) is 4.25. The summed E-state index contributed by atoms with van der Waals surface area (Å²) in [4.78, 5) is 2.45. The third-order valence-corrected chi connectivity index (χ3v) is 7.22. The molecule has 1 saturated heterocycles. The first-order chi connectivity index (χ1) is 13.5. The minimum absolute atomic E-state index is 0.265. The number of unbranched alkanes of at least 4 members (excludes halogenated alkanes) is 3. The fourth-order valence-corrected chi connectivity index (χ4v) is 4.99. The molecule has 0 unspecified atom stereocenters. The van der Waals surface area contributed by atoms with Crippen molar-refractivity contribution in [2.45, 2.75) is 43.9 Å². The fraction of sp³-hybridized carbons (Fsp3) is 0.455. The highest BCUT2D eigenvalue weighted by atomic mass is 32.2. The van der Waals surface area contributed by atoms with Crippen molar-refractivity contribution in [2.24, 2.45) is 0 Å². The molecule has 152 valence electrons. The van der Waals surface area contributed by atoms with Gasteiger partial charge in [-0.3, -0.25) is 0 Å². The standard InChI is InChI=1S/C22H29FN2O2S/c1-2-3-4-5-6-19-7-13-22(14-8-19)28(26,27)25-17-15-24(16-18-25)21-11-9-20(23)10-12-21/h7-14H,2-6,15-18H2,1H3. The van der Waals surface area contributed by atoms with Crippen LogP contribution < -0.4 is 4.90 Å². The molecule has 0 N–H and O–H groups in total. The van der Waals surface area contributed by atoms with Crippen LogP contribution >= 0.6 is 0 Å². The minimum Gasteiger partial charge on any atom is -0.369 e. The van der Waals surface area contributed by atoms with Crippen molar-refractivity contribution in [3.63, 3.8) is 0 Å². The number of nitrogens with zero attached hydrogens (tertiary/aromatic N) is 2. The zero-order valence-corrected chi connectivity index (χ0v) is 17.3. The molecule has 4 nitrogen and oxygen atoms in total. The molecule has 6 heteroatoms. The lowest BCUT2D eigenvalue weighted by Gasteiger charge is -2.35. The normalized spacial score (nSPS) is 15.7. The van der Waals surface area contributed by atoms with Gasteiger partial charge in [0.05, 0.1) is 4.90 Å². The van der Waals surface area contributed by atoms with Gasteiger partial charge in [-0.2, -0.15) is 4.31 Å². The Bertz CT molecular complexity index is 843. The second kappa shape index (κ2) is 9.52. The largest absolute Gasteiger partial charge is 0.369 e. The summed E-state index contributed by atoms with van der Waals surface area (Å²) < 4.78 is 40.5. The van der Waals surface area contributed by atoms with E-state index in [-0.39, 0.29) is 5.82 Å². The topological polar surface area (TPSA) is 40.6 Å². The number of hydrogen-bond donors (Lipinski definition) is 0. The Morgan fingerprint density at radius 1 is 0.857 bits per heavy atom. The first kappa shape index (κ1) is 20.8. The average molecular weight is 405 g/mol. The number of benzene rings is 2. The van der Waals surface area contributed by atoms with Gasteiger partial charge in [0.2, 0.25) is 10.0 Å². The summed E-state index contributed by atoms with van der Waals surface area (Å²) in [5.74, 6) is -0.265. The molecule has 2 aromatic rings. The molecule has 0 atom stereocenters. The predicted molar refractivity (Wildman–Crippen MR) is 112 cm³/mol. The summed E-state index contributed by atoms with van der Waals surface area (Å²) in [5.41, 5.74) is 2.11. The lowest BCUT2D eigenvalue weighted by atomic mass is 10.1. The average Bonchev–Trinajstić information content (AvgIpc) is 2.72. The molecule has 0 aliphatic carbocycles. The van der Waals surface area contributed by atoms with Gasteiger partial charge >= 0.3 is 0 Å². The molecule has 0 bridgehead atoms. The SMILES string of the molecule is CCCCCCc1ccc(S(=O)(=O)N2CCN(c3ccc(F)cc3)CC2)cc1. The van der Waals surface area contributed by atoms with E-state index in [9.17, 15) is 12.8 Å². The third kappa shape index (κ3) is 5.11. The summed E-state index contributed by atoms with van der Waals surface area (Å²) in [5, 5.41) is 0. The number of piperazine rings is 1. The maximum Gasteiger partial charge on any atom is 0.243 e. The van der Waals surface area contributed by atoms with Crippen LogP contribution in [0.3, 0.4) is 0 Å². The molecule has 0 saturated carbocycles.